The monoisotopic (exact) mass is 527 g/mol. The van der Waals surface area contributed by atoms with E-state index in [4.69, 9.17) is 27.9 Å². The summed E-state index contributed by atoms with van der Waals surface area (Å²) in [6, 6.07) is 22.0. The molecule has 0 spiro atoms. The molecule has 4 rings (SSSR count). The van der Waals surface area contributed by atoms with Crippen LogP contribution in [0.1, 0.15) is 18.3 Å². The van der Waals surface area contributed by atoms with E-state index in [0.29, 0.717) is 44.8 Å². The van der Waals surface area contributed by atoms with Crippen LogP contribution in [0.2, 0.25) is 10.0 Å². The molecule has 10 heteroatoms. The molecule has 1 aromatic heterocycles. The zero-order valence-corrected chi connectivity index (χ0v) is 21.2. The van der Waals surface area contributed by atoms with Crippen LogP contribution in [0.3, 0.4) is 0 Å². The van der Waals surface area contributed by atoms with Gasteiger partial charge in [0.2, 0.25) is 0 Å². The van der Waals surface area contributed by atoms with Crippen molar-refractivity contribution in [3.8, 4) is 11.4 Å². The van der Waals surface area contributed by atoms with E-state index < -0.39 is 0 Å². The second-order valence-corrected chi connectivity index (χ2v) is 9.16. The summed E-state index contributed by atoms with van der Waals surface area (Å²) in [6.45, 7) is 2.63. The van der Waals surface area contributed by atoms with Gasteiger partial charge in [0.1, 0.15) is 5.75 Å². The number of anilines is 1. The molecule has 0 aliphatic carbocycles. The van der Waals surface area contributed by atoms with E-state index in [1.54, 1.807) is 42.5 Å². The maximum absolute atomic E-state index is 12.5. The number of carbonyl (C=O) groups is 1. The normalized spacial score (nSPS) is 10.7. The summed E-state index contributed by atoms with van der Waals surface area (Å²) in [4.78, 5) is 12.5. The molecule has 2 amide bonds. The summed E-state index contributed by atoms with van der Waals surface area (Å²) in [5.74, 6) is 1.96. The second-order valence-electron chi connectivity index (χ2n) is 7.37. The summed E-state index contributed by atoms with van der Waals surface area (Å²) >= 11 is 14.3. The maximum atomic E-state index is 12.5. The lowest BCUT2D eigenvalue weighted by Gasteiger charge is -2.13. The number of nitrogens with one attached hydrogen (secondary N) is 2. The largest absolute Gasteiger partial charge is 0.494 e. The molecule has 0 atom stereocenters. The van der Waals surface area contributed by atoms with E-state index in [-0.39, 0.29) is 12.6 Å². The van der Waals surface area contributed by atoms with E-state index in [1.807, 2.05) is 41.8 Å². The first-order valence-corrected chi connectivity index (χ1v) is 12.6. The van der Waals surface area contributed by atoms with Crippen molar-refractivity contribution in [3.05, 3.63) is 94.2 Å². The van der Waals surface area contributed by atoms with Gasteiger partial charge in [-0.1, -0.05) is 65.3 Å². The average Bonchev–Trinajstić information content (AvgIpc) is 3.27. The number of halogens is 2. The quantitative estimate of drug-likeness (QED) is 0.240. The number of hydrogen-bond donors (Lipinski definition) is 2. The fraction of sp³-hybridized carbons (Fsp3) is 0.160. The van der Waals surface area contributed by atoms with Gasteiger partial charge in [0.25, 0.3) is 0 Å². The number of aromatic nitrogens is 3. The van der Waals surface area contributed by atoms with Crippen molar-refractivity contribution < 1.29 is 9.53 Å². The highest BCUT2D eigenvalue weighted by Gasteiger charge is 2.18. The van der Waals surface area contributed by atoms with Gasteiger partial charge in [0.05, 0.1) is 23.9 Å². The Bertz CT molecular complexity index is 1280. The average molecular weight is 528 g/mol. The van der Waals surface area contributed by atoms with Crippen molar-refractivity contribution in [2.75, 3.05) is 11.9 Å². The van der Waals surface area contributed by atoms with Crippen LogP contribution >= 0.6 is 35.0 Å². The number of carbonyl (C=O) groups excluding carboxylic acids is 1. The van der Waals surface area contributed by atoms with Gasteiger partial charge in [-0.25, -0.2) is 4.79 Å². The van der Waals surface area contributed by atoms with Crippen LogP contribution in [-0.2, 0) is 12.3 Å². The molecule has 0 saturated carbocycles. The van der Waals surface area contributed by atoms with Gasteiger partial charge < -0.3 is 15.4 Å². The highest BCUT2D eigenvalue weighted by Crippen LogP contribution is 2.31. The Labute approximate surface area is 217 Å². The van der Waals surface area contributed by atoms with Crippen LogP contribution in [0.25, 0.3) is 5.69 Å². The van der Waals surface area contributed by atoms with Crippen LogP contribution in [-0.4, -0.2) is 27.4 Å². The van der Waals surface area contributed by atoms with Gasteiger partial charge in [-0.05, 0) is 55.0 Å². The zero-order valence-electron chi connectivity index (χ0n) is 18.9. The van der Waals surface area contributed by atoms with Crippen LogP contribution in [0.15, 0.2) is 78.0 Å². The Balaban J connectivity index is 1.50. The number of urea groups is 1. The first kappa shape index (κ1) is 24.9. The van der Waals surface area contributed by atoms with Gasteiger partial charge in [-0.3, -0.25) is 4.57 Å². The predicted octanol–water partition coefficient (Wildman–Crippen LogP) is 6.59. The van der Waals surface area contributed by atoms with Crippen molar-refractivity contribution in [2.45, 2.75) is 24.4 Å². The zero-order chi connectivity index (χ0) is 24.6. The van der Waals surface area contributed by atoms with E-state index in [1.165, 1.54) is 11.8 Å². The van der Waals surface area contributed by atoms with Crippen molar-refractivity contribution in [1.29, 1.82) is 0 Å². The fourth-order valence-corrected chi connectivity index (χ4v) is 4.55. The lowest BCUT2D eigenvalue weighted by Crippen LogP contribution is -2.29. The minimum atomic E-state index is -0.376. The molecule has 0 aliphatic rings. The Morgan fingerprint density at radius 2 is 1.80 bits per heavy atom. The molecule has 2 N–H and O–H groups in total. The Morgan fingerprint density at radius 3 is 2.54 bits per heavy atom. The first-order chi connectivity index (χ1) is 17.0. The minimum Gasteiger partial charge on any atom is -0.494 e. The van der Waals surface area contributed by atoms with Gasteiger partial charge in [0.15, 0.2) is 11.0 Å². The van der Waals surface area contributed by atoms with Crippen LogP contribution in [0.4, 0.5) is 10.5 Å². The maximum Gasteiger partial charge on any atom is 0.319 e. The number of ether oxygens (including phenoxy) is 1. The molecule has 7 nitrogen and oxygen atoms in total. The standard InChI is InChI=1S/C25H23Cl2N5O2S/c1-2-34-20-11-9-19(10-12-20)29-24(33)28-15-23-30-31-25(35-16-17-6-4-3-5-7-17)32(23)22-14-18(26)8-13-21(22)27/h3-14H,2,15-16H2,1H3,(H2,28,29,33). The number of benzene rings is 3. The summed E-state index contributed by atoms with van der Waals surface area (Å²) in [6.07, 6.45) is 0. The Hall–Kier alpha value is -3.20. The summed E-state index contributed by atoms with van der Waals surface area (Å²) in [5.41, 5.74) is 2.44. The second kappa shape index (κ2) is 12.0. The molecule has 0 fully saturated rings. The van der Waals surface area contributed by atoms with Crippen molar-refractivity contribution in [3.63, 3.8) is 0 Å². The van der Waals surface area contributed by atoms with E-state index in [2.05, 4.69) is 20.8 Å². The van der Waals surface area contributed by atoms with Gasteiger partial charge in [-0.15, -0.1) is 10.2 Å². The predicted molar refractivity (Wildman–Crippen MR) is 141 cm³/mol. The lowest BCUT2D eigenvalue weighted by atomic mass is 10.2. The van der Waals surface area contributed by atoms with E-state index in [0.717, 1.165) is 11.3 Å². The third-order valence-corrected chi connectivity index (χ3v) is 6.45. The van der Waals surface area contributed by atoms with Gasteiger partial charge in [-0.2, -0.15) is 0 Å². The molecule has 0 bridgehead atoms. The van der Waals surface area contributed by atoms with E-state index in [9.17, 15) is 4.79 Å². The molecule has 0 radical (unpaired) electrons. The minimum absolute atomic E-state index is 0.130. The lowest BCUT2D eigenvalue weighted by molar-refractivity contribution is 0.251. The Morgan fingerprint density at radius 1 is 1.03 bits per heavy atom. The van der Waals surface area contributed by atoms with E-state index >= 15 is 0 Å². The summed E-state index contributed by atoms with van der Waals surface area (Å²) in [7, 11) is 0. The highest BCUT2D eigenvalue weighted by molar-refractivity contribution is 7.98. The SMILES string of the molecule is CCOc1ccc(NC(=O)NCc2nnc(SCc3ccccc3)n2-c2cc(Cl)ccc2Cl)cc1. The van der Waals surface area contributed by atoms with Crippen molar-refractivity contribution in [2.24, 2.45) is 0 Å². The molecule has 0 unspecified atom stereocenters. The van der Waals surface area contributed by atoms with Gasteiger partial charge >= 0.3 is 6.03 Å². The first-order valence-electron chi connectivity index (χ1n) is 10.9. The summed E-state index contributed by atoms with van der Waals surface area (Å²) in [5, 5.41) is 16.0. The smallest absolute Gasteiger partial charge is 0.319 e. The molecular weight excluding hydrogens is 505 g/mol. The molecule has 1 heterocycles. The van der Waals surface area contributed by atoms with Crippen molar-refractivity contribution >= 4 is 46.7 Å². The molecule has 0 saturated heterocycles. The number of amides is 2. The number of rotatable bonds is 9. The van der Waals surface area contributed by atoms with Crippen molar-refractivity contribution in [1.82, 2.24) is 20.1 Å². The molecule has 4 aromatic rings. The van der Waals surface area contributed by atoms with Gasteiger partial charge in [0, 0.05) is 16.5 Å². The highest BCUT2D eigenvalue weighted by atomic mass is 35.5. The van der Waals surface area contributed by atoms with Crippen LogP contribution < -0.4 is 15.4 Å². The third kappa shape index (κ3) is 6.69. The molecular formula is C25H23Cl2N5O2S. The molecule has 3 aromatic carbocycles. The van der Waals surface area contributed by atoms with Crippen LogP contribution in [0.5, 0.6) is 5.75 Å². The Kier molecular flexibility index (Phi) is 8.52. The molecule has 35 heavy (non-hydrogen) atoms. The topological polar surface area (TPSA) is 81.1 Å². The summed E-state index contributed by atoms with van der Waals surface area (Å²) < 4.78 is 7.24. The number of thioether (sulfide) groups is 1. The number of hydrogen-bond acceptors (Lipinski definition) is 5. The molecule has 0 aliphatic heterocycles. The van der Waals surface area contributed by atoms with Crippen LogP contribution in [0, 0.1) is 0 Å². The fourth-order valence-electron chi connectivity index (χ4n) is 3.27. The number of nitrogens with zero attached hydrogens (tertiary/aromatic N) is 3. The molecule has 180 valence electrons. The third-order valence-electron chi connectivity index (χ3n) is 4.89.